The SMILES string of the molecule is COc1cc(C[C@H](N)C(=O)O)ccc1Br. The number of hydrogen-bond donors (Lipinski definition) is 2. The molecule has 1 atom stereocenters. The Morgan fingerprint density at radius 3 is 2.87 bits per heavy atom. The first-order valence-corrected chi connectivity index (χ1v) is 5.14. The van der Waals surface area contributed by atoms with Crippen molar-refractivity contribution in [2.24, 2.45) is 5.73 Å². The van der Waals surface area contributed by atoms with Gasteiger partial charge in [-0.3, -0.25) is 4.79 Å². The third kappa shape index (κ3) is 3.21. The number of carboxylic acid groups (broad SMARTS) is 1. The van der Waals surface area contributed by atoms with Crippen LogP contribution in [-0.2, 0) is 11.2 Å². The topological polar surface area (TPSA) is 72.5 Å². The van der Waals surface area contributed by atoms with Gasteiger partial charge in [0, 0.05) is 0 Å². The third-order valence-corrected chi connectivity index (χ3v) is 2.64. The molecule has 15 heavy (non-hydrogen) atoms. The summed E-state index contributed by atoms with van der Waals surface area (Å²) in [5, 5.41) is 8.66. The molecule has 1 aromatic rings. The Kier molecular flexibility index (Phi) is 4.11. The fourth-order valence-electron chi connectivity index (χ4n) is 1.17. The van der Waals surface area contributed by atoms with Gasteiger partial charge >= 0.3 is 5.97 Å². The van der Waals surface area contributed by atoms with Crippen LogP contribution in [0.3, 0.4) is 0 Å². The molecule has 0 unspecified atom stereocenters. The van der Waals surface area contributed by atoms with Crippen LogP contribution >= 0.6 is 15.9 Å². The lowest BCUT2D eigenvalue weighted by atomic mass is 10.1. The standard InChI is InChI=1S/C10H12BrNO3/c1-15-9-5-6(2-3-7(9)11)4-8(12)10(13)14/h2-3,5,8H,4,12H2,1H3,(H,13,14)/t8-/m0/s1. The third-order valence-electron chi connectivity index (χ3n) is 1.99. The van der Waals surface area contributed by atoms with Gasteiger partial charge in [0.25, 0.3) is 0 Å². The summed E-state index contributed by atoms with van der Waals surface area (Å²) < 4.78 is 5.92. The molecule has 0 saturated carbocycles. The van der Waals surface area contributed by atoms with Crippen molar-refractivity contribution in [3.8, 4) is 5.75 Å². The zero-order chi connectivity index (χ0) is 11.4. The van der Waals surface area contributed by atoms with Crippen molar-refractivity contribution < 1.29 is 14.6 Å². The molecule has 0 aliphatic heterocycles. The first-order valence-electron chi connectivity index (χ1n) is 4.35. The van der Waals surface area contributed by atoms with E-state index in [1.54, 1.807) is 13.2 Å². The van der Waals surface area contributed by atoms with E-state index in [0.29, 0.717) is 12.2 Å². The molecule has 0 aromatic heterocycles. The second-order valence-corrected chi connectivity index (χ2v) is 3.97. The van der Waals surface area contributed by atoms with Crippen LogP contribution in [0.5, 0.6) is 5.75 Å². The number of halogens is 1. The van der Waals surface area contributed by atoms with Gasteiger partial charge in [0.15, 0.2) is 0 Å². The molecule has 3 N–H and O–H groups in total. The van der Waals surface area contributed by atoms with Crippen LogP contribution < -0.4 is 10.5 Å². The van der Waals surface area contributed by atoms with E-state index < -0.39 is 12.0 Å². The Bertz CT molecular complexity index is 368. The number of carboxylic acids is 1. The summed E-state index contributed by atoms with van der Waals surface area (Å²) in [6.45, 7) is 0. The van der Waals surface area contributed by atoms with Crippen LogP contribution in [0.1, 0.15) is 5.56 Å². The predicted molar refractivity (Wildman–Crippen MR) is 60.0 cm³/mol. The first-order chi connectivity index (χ1) is 7.04. The van der Waals surface area contributed by atoms with E-state index in [0.717, 1.165) is 10.0 Å². The summed E-state index contributed by atoms with van der Waals surface area (Å²) in [5.74, 6) is -0.332. The van der Waals surface area contributed by atoms with Gasteiger partial charge in [-0.2, -0.15) is 0 Å². The molecule has 0 saturated heterocycles. The van der Waals surface area contributed by atoms with Crippen LogP contribution in [0.2, 0.25) is 0 Å². The van der Waals surface area contributed by atoms with Gasteiger partial charge in [-0.1, -0.05) is 6.07 Å². The second kappa shape index (κ2) is 5.14. The lowest BCUT2D eigenvalue weighted by molar-refractivity contribution is -0.138. The Hall–Kier alpha value is -1.07. The van der Waals surface area contributed by atoms with Crippen LogP contribution in [0.25, 0.3) is 0 Å². The lowest BCUT2D eigenvalue weighted by Gasteiger charge is -2.09. The maximum atomic E-state index is 10.6. The Balaban J connectivity index is 2.83. The number of methoxy groups -OCH3 is 1. The second-order valence-electron chi connectivity index (χ2n) is 3.12. The quantitative estimate of drug-likeness (QED) is 0.870. The van der Waals surface area contributed by atoms with Crippen LogP contribution in [0.4, 0.5) is 0 Å². The van der Waals surface area contributed by atoms with Gasteiger partial charge < -0.3 is 15.6 Å². The van der Waals surface area contributed by atoms with Crippen molar-refractivity contribution in [2.75, 3.05) is 7.11 Å². The van der Waals surface area contributed by atoms with E-state index in [1.165, 1.54) is 0 Å². The molecule has 0 aliphatic carbocycles. The van der Waals surface area contributed by atoms with Gasteiger partial charge in [0.05, 0.1) is 11.6 Å². The first kappa shape index (κ1) is 12.0. The molecular formula is C10H12BrNO3. The molecule has 0 aliphatic rings. The van der Waals surface area contributed by atoms with Crippen molar-refractivity contribution in [3.05, 3.63) is 28.2 Å². The monoisotopic (exact) mass is 273 g/mol. The van der Waals surface area contributed by atoms with Crippen molar-refractivity contribution in [1.29, 1.82) is 0 Å². The maximum Gasteiger partial charge on any atom is 0.320 e. The Morgan fingerprint density at radius 2 is 2.33 bits per heavy atom. The minimum atomic E-state index is -1.00. The summed E-state index contributed by atoms with van der Waals surface area (Å²) in [6.07, 6.45) is 0.291. The number of ether oxygens (including phenoxy) is 1. The van der Waals surface area contributed by atoms with E-state index in [4.69, 9.17) is 15.6 Å². The summed E-state index contributed by atoms with van der Waals surface area (Å²) in [7, 11) is 1.56. The maximum absolute atomic E-state index is 10.6. The molecule has 0 amide bonds. The number of rotatable bonds is 4. The average Bonchev–Trinajstić information content (AvgIpc) is 2.20. The fourth-order valence-corrected chi connectivity index (χ4v) is 1.58. The van der Waals surface area contributed by atoms with Gasteiger partial charge in [-0.25, -0.2) is 0 Å². The molecule has 1 rings (SSSR count). The van der Waals surface area contributed by atoms with Crippen molar-refractivity contribution in [2.45, 2.75) is 12.5 Å². The smallest absolute Gasteiger partial charge is 0.320 e. The molecule has 0 heterocycles. The van der Waals surface area contributed by atoms with E-state index in [2.05, 4.69) is 15.9 Å². The molecule has 0 spiro atoms. The molecule has 1 aromatic carbocycles. The van der Waals surface area contributed by atoms with Crippen LogP contribution in [0.15, 0.2) is 22.7 Å². The van der Waals surface area contributed by atoms with Gasteiger partial charge in [0.1, 0.15) is 11.8 Å². The summed E-state index contributed by atoms with van der Waals surface area (Å²) in [4.78, 5) is 10.6. The zero-order valence-electron chi connectivity index (χ0n) is 8.24. The summed E-state index contributed by atoms with van der Waals surface area (Å²) >= 11 is 3.31. The van der Waals surface area contributed by atoms with E-state index in [-0.39, 0.29) is 0 Å². The average molecular weight is 274 g/mol. The minimum Gasteiger partial charge on any atom is -0.496 e. The fraction of sp³-hybridized carbons (Fsp3) is 0.300. The molecule has 0 bridgehead atoms. The highest BCUT2D eigenvalue weighted by molar-refractivity contribution is 9.10. The highest BCUT2D eigenvalue weighted by Gasteiger charge is 2.12. The van der Waals surface area contributed by atoms with Crippen molar-refractivity contribution in [1.82, 2.24) is 0 Å². The molecule has 82 valence electrons. The van der Waals surface area contributed by atoms with E-state index in [1.807, 2.05) is 12.1 Å². The van der Waals surface area contributed by atoms with E-state index >= 15 is 0 Å². The predicted octanol–water partition coefficient (Wildman–Crippen LogP) is 1.41. The highest BCUT2D eigenvalue weighted by atomic mass is 79.9. The largest absolute Gasteiger partial charge is 0.496 e. The molecule has 0 radical (unpaired) electrons. The zero-order valence-corrected chi connectivity index (χ0v) is 9.82. The van der Waals surface area contributed by atoms with Gasteiger partial charge in [-0.15, -0.1) is 0 Å². The number of benzene rings is 1. The van der Waals surface area contributed by atoms with Gasteiger partial charge in [0.2, 0.25) is 0 Å². The Labute approximate surface area is 96.2 Å². The number of aliphatic carboxylic acids is 1. The van der Waals surface area contributed by atoms with Gasteiger partial charge in [-0.05, 0) is 40.0 Å². The molecule has 5 heteroatoms. The Morgan fingerprint density at radius 1 is 1.67 bits per heavy atom. The summed E-state index contributed by atoms with van der Waals surface area (Å²) in [5.41, 5.74) is 6.26. The number of carbonyl (C=O) groups is 1. The van der Waals surface area contributed by atoms with Crippen molar-refractivity contribution >= 4 is 21.9 Å². The highest BCUT2D eigenvalue weighted by Crippen LogP contribution is 2.25. The number of nitrogens with two attached hydrogens (primary N) is 1. The van der Waals surface area contributed by atoms with Crippen LogP contribution in [-0.4, -0.2) is 24.2 Å². The normalized spacial score (nSPS) is 12.2. The lowest BCUT2D eigenvalue weighted by Crippen LogP contribution is -2.32. The number of hydrogen-bond acceptors (Lipinski definition) is 3. The van der Waals surface area contributed by atoms with Crippen molar-refractivity contribution in [3.63, 3.8) is 0 Å². The van der Waals surface area contributed by atoms with Crippen LogP contribution in [0, 0.1) is 0 Å². The molecule has 4 nitrogen and oxygen atoms in total. The molecule has 0 fully saturated rings. The summed E-state index contributed by atoms with van der Waals surface area (Å²) in [6, 6.07) is 4.52. The minimum absolute atomic E-state index is 0.291. The molecular weight excluding hydrogens is 262 g/mol. The van der Waals surface area contributed by atoms with E-state index in [9.17, 15) is 4.79 Å².